The van der Waals surface area contributed by atoms with Crippen molar-refractivity contribution < 1.29 is 14.9 Å². The van der Waals surface area contributed by atoms with Crippen LogP contribution in [0.2, 0.25) is 0 Å². The molecule has 0 aliphatic carbocycles. The average Bonchev–Trinajstić information content (AvgIpc) is 2.93. The summed E-state index contributed by atoms with van der Waals surface area (Å²) in [7, 11) is 0. The first kappa shape index (κ1) is 13.0. The Bertz CT molecular complexity index is 645. The van der Waals surface area contributed by atoms with E-state index in [4.69, 9.17) is 27.0 Å². The van der Waals surface area contributed by atoms with Crippen molar-refractivity contribution in [3.8, 4) is 0 Å². The van der Waals surface area contributed by atoms with Crippen LogP contribution in [0.4, 0.5) is 11.8 Å². The summed E-state index contributed by atoms with van der Waals surface area (Å²) in [4.78, 5) is 12.0. The number of fused-ring (bicyclic) bond motifs is 1. The van der Waals surface area contributed by atoms with Crippen molar-refractivity contribution in [2.75, 3.05) is 18.1 Å². The third-order valence-corrected chi connectivity index (χ3v) is 3.34. The molecule has 0 amide bonds. The van der Waals surface area contributed by atoms with Gasteiger partial charge in [0, 0.05) is 0 Å². The largest absolute Gasteiger partial charge is 0.394 e. The van der Waals surface area contributed by atoms with Gasteiger partial charge in [0.05, 0.1) is 19.0 Å². The van der Waals surface area contributed by atoms with Crippen molar-refractivity contribution >= 4 is 22.9 Å². The van der Waals surface area contributed by atoms with E-state index in [1.807, 2.05) is 0 Å². The van der Waals surface area contributed by atoms with Crippen LogP contribution in [0.15, 0.2) is 6.33 Å². The van der Waals surface area contributed by atoms with Gasteiger partial charge in [-0.05, 0) is 0 Å². The zero-order valence-electron chi connectivity index (χ0n) is 10.4. The van der Waals surface area contributed by atoms with E-state index in [9.17, 15) is 5.11 Å². The zero-order valence-corrected chi connectivity index (χ0v) is 10.4. The number of imidazole rings is 1. The van der Waals surface area contributed by atoms with Gasteiger partial charge >= 0.3 is 0 Å². The van der Waals surface area contributed by atoms with Crippen LogP contribution in [-0.2, 0) is 4.74 Å². The maximum atomic E-state index is 9.88. The molecule has 2 aromatic rings. The highest BCUT2D eigenvalue weighted by atomic mass is 16.5. The Hall–Kier alpha value is -2.01. The number of hydrogen-bond donors (Lipinski definition) is 5. The molecule has 3 heterocycles. The molecule has 4 atom stereocenters. The molecule has 8 N–H and O–H groups in total. The standard InChI is InChI=1S/C10H15N7O3/c11-4-6(19)3(1-18)20-9(4)17-2-14-5-7(12)15-10(13)16-8(5)17/h2-4,6,9,18-19H,1,11H2,(H4,12,13,15,16)/t3-,4+,6-,9-/m1/s1. The molecule has 1 saturated heterocycles. The minimum absolute atomic E-state index is 0.00238. The van der Waals surface area contributed by atoms with E-state index in [-0.39, 0.29) is 18.4 Å². The molecule has 0 saturated carbocycles. The van der Waals surface area contributed by atoms with Gasteiger partial charge in [-0.1, -0.05) is 0 Å². The maximum Gasteiger partial charge on any atom is 0.224 e. The summed E-state index contributed by atoms with van der Waals surface area (Å²) in [5, 5.41) is 19.0. The average molecular weight is 281 g/mol. The predicted octanol–water partition coefficient (Wildman–Crippen LogP) is -2.43. The smallest absolute Gasteiger partial charge is 0.224 e. The quantitative estimate of drug-likeness (QED) is 0.401. The summed E-state index contributed by atoms with van der Waals surface area (Å²) in [5.74, 6) is 0.152. The molecular formula is C10H15N7O3. The first-order valence-electron chi connectivity index (χ1n) is 5.98. The van der Waals surface area contributed by atoms with Gasteiger partial charge < -0.3 is 32.2 Å². The van der Waals surface area contributed by atoms with Gasteiger partial charge in [0.2, 0.25) is 5.95 Å². The first-order chi connectivity index (χ1) is 9.52. The summed E-state index contributed by atoms with van der Waals surface area (Å²) in [6.07, 6.45) is -1.03. The molecular weight excluding hydrogens is 266 g/mol. The number of anilines is 2. The Morgan fingerprint density at radius 1 is 1.35 bits per heavy atom. The third kappa shape index (κ3) is 1.78. The van der Waals surface area contributed by atoms with Crippen molar-refractivity contribution in [2.24, 2.45) is 5.73 Å². The monoisotopic (exact) mass is 281 g/mol. The van der Waals surface area contributed by atoms with E-state index >= 15 is 0 Å². The number of aromatic nitrogens is 4. The molecule has 1 fully saturated rings. The Labute approximate surface area is 113 Å². The molecule has 2 aromatic heterocycles. The summed E-state index contributed by atoms with van der Waals surface area (Å²) < 4.78 is 7.04. The predicted molar refractivity (Wildman–Crippen MR) is 69.1 cm³/mol. The molecule has 108 valence electrons. The zero-order chi connectivity index (χ0) is 14.4. The number of aliphatic hydroxyl groups is 2. The lowest BCUT2D eigenvalue weighted by Crippen LogP contribution is -2.39. The minimum atomic E-state index is -0.987. The van der Waals surface area contributed by atoms with Gasteiger partial charge in [0.15, 0.2) is 17.7 Å². The van der Waals surface area contributed by atoms with Crippen LogP contribution in [0.25, 0.3) is 11.2 Å². The SMILES string of the molecule is Nc1nc(N)c2ncn([C@@H]3O[C@H](CO)[C@@H](O)[C@@H]3N)c2n1. The Balaban J connectivity index is 2.07. The van der Waals surface area contributed by atoms with Crippen LogP contribution in [0.3, 0.4) is 0 Å². The van der Waals surface area contributed by atoms with E-state index in [0.29, 0.717) is 11.2 Å². The van der Waals surface area contributed by atoms with Crippen LogP contribution in [-0.4, -0.2) is 54.6 Å². The van der Waals surface area contributed by atoms with Crippen molar-refractivity contribution in [3.05, 3.63) is 6.33 Å². The topological polar surface area (TPSA) is 171 Å². The normalized spacial score (nSPS) is 30.1. The highest BCUT2D eigenvalue weighted by Gasteiger charge is 2.42. The molecule has 0 aromatic carbocycles. The number of ether oxygens (including phenoxy) is 1. The summed E-state index contributed by atoms with van der Waals surface area (Å²) in [6.45, 7) is -0.336. The van der Waals surface area contributed by atoms with E-state index in [2.05, 4.69) is 15.0 Å². The molecule has 10 nitrogen and oxygen atoms in total. The van der Waals surface area contributed by atoms with Gasteiger partial charge in [-0.25, -0.2) is 4.98 Å². The second kappa shape index (κ2) is 4.52. The molecule has 0 bridgehead atoms. The fourth-order valence-electron chi connectivity index (χ4n) is 2.31. The van der Waals surface area contributed by atoms with Crippen LogP contribution in [0.5, 0.6) is 0 Å². The lowest BCUT2D eigenvalue weighted by atomic mass is 10.1. The molecule has 0 radical (unpaired) electrons. The van der Waals surface area contributed by atoms with Gasteiger partial charge in [-0.15, -0.1) is 0 Å². The second-order valence-electron chi connectivity index (χ2n) is 4.61. The van der Waals surface area contributed by atoms with Crippen LogP contribution in [0, 0.1) is 0 Å². The fourth-order valence-corrected chi connectivity index (χ4v) is 2.31. The highest BCUT2D eigenvalue weighted by molar-refractivity contribution is 5.82. The lowest BCUT2D eigenvalue weighted by molar-refractivity contribution is -0.0437. The maximum absolute atomic E-state index is 9.88. The number of hydrogen-bond acceptors (Lipinski definition) is 9. The number of rotatable bonds is 2. The first-order valence-corrected chi connectivity index (χ1v) is 5.98. The summed E-state index contributed by atoms with van der Waals surface area (Å²) in [6, 6.07) is -0.734. The molecule has 10 heteroatoms. The van der Waals surface area contributed by atoms with Gasteiger partial charge in [-0.2, -0.15) is 9.97 Å². The molecule has 0 spiro atoms. The lowest BCUT2D eigenvalue weighted by Gasteiger charge is -2.17. The molecule has 20 heavy (non-hydrogen) atoms. The number of nitrogens with two attached hydrogens (primary N) is 3. The molecule has 3 rings (SSSR count). The Morgan fingerprint density at radius 3 is 2.75 bits per heavy atom. The van der Waals surface area contributed by atoms with Gasteiger partial charge in [0.25, 0.3) is 0 Å². The second-order valence-corrected chi connectivity index (χ2v) is 4.61. The number of nitrogens with zero attached hydrogens (tertiary/aromatic N) is 4. The molecule has 0 unspecified atom stereocenters. The van der Waals surface area contributed by atoms with Crippen molar-refractivity contribution in [1.82, 2.24) is 19.5 Å². The summed E-state index contributed by atoms with van der Waals surface area (Å²) in [5.41, 5.74) is 17.9. The van der Waals surface area contributed by atoms with E-state index in [1.54, 1.807) is 0 Å². The third-order valence-electron chi connectivity index (χ3n) is 3.34. The highest BCUT2D eigenvalue weighted by Crippen LogP contribution is 2.30. The van der Waals surface area contributed by atoms with Crippen LogP contribution >= 0.6 is 0 Å². The van der Waals surface area contributed by atoms with Crippen LogP contribution in [0.1, 0.15) is 6.23 Å². The fraction of sp³-hybridized carbons (Fsp3) is 0.500. The van der Waals surface area contributed by atoms with Crippen molar-refractivity contribution in [1.29, 1.82) is 0 Å². The van der Waals surface area contributed by atoms with Crippen LogP contribution < -0.4 is 17.2 Å². The van der Waals surface area contributed by atoms with Crippen molar-refractivity contribution in [2.45, 2.75) is 24.5 Å². The molecule has 1 aliphatic rings. The number of nitrogen functional groups attached to an aromatic ring is 2. The Kier molecular flexibility index (Phi) is 2.94. The summed E-state index contributed by atoms with van der Waals surface area (Å²) >= 11 is 0. The van der Waals surface area contributed by atoms with E-state index in [0.717, 1.165) is 0 Å². The minimum Gasteiger partial charge on any atom is -0.394 e. The molecule has 1 aliphatic heterocycles. The van der Waals surface area contributed by atoms with E-state index < -0.39 is 24.5 Å². The van der Waals surface area contributed by atoms with Crippen molar-refractivity contribution in [3.63, 3.8) is 0 Å². The van der Waals surface area contributed by atoms with Gasteiger partial charge in [-0.3, -0.25) is 4.57 Å². The number of aliphatic hydroxyl groups excluding tert-OH is 2. The van der Waals surface area contributed by atoms with Gasteiger partial charge in [0.1, 0.15) is 17.7 Å². The van der Waals surface area contributed by atoms with E-state index in [1.165, 1.54) is 10.9 Å². The Morgan fingerprint density at radius 2 is 2.10 bits per heavy atom.